The number of alkyl halides is 3. The maximum Gasteiger partial charge on any atom is 0.443 e. The summed E-state index contributed by atoms with van der Waals surface area (Å²) in [7, 11) is 1.74. The summed E-state index contributed by atoms with van der Waals surface area (Å²) < 4.78 is 37.6. The van der Waals surface area contributed by atoms with E-state index in [0.717, 1.165) is 12.0 Å². The average molecular weight is 301 g/mol. The monoisotopic (exact) mass is 301 g/mol. The molecule has 20 heavy (non-hydrogen) atoms. The van der Waals surface area contributed by atoms with Crippen LogP contribution >= 0.6 is 11.3 Å². The van der Waals surface area contributed by atoms with Crippen LogP contribution in [0.1, 0.15) is 27.9 Å². The molecule has 0 bridgehead atoms. The van der Waals surface area contributed by atoms with Gasteiger partial charge in [-0.15, -0.1) is 11.3 Å². The van der Waals surface area contributed by atoms with E-state index in [2.05, 4.69) is 15.3 Å². The van der Waals surface area contributed by atoms with Crippen molar-refractivity contribution in [3.05, 3.63) is 46.2 Å². The molecule has 1 N–H and O–H groups in total. The van der Waals surface area contributed by atoms with Crippen LogP contribution in [-0.2, 0) is 12.6 Å². The highest BCUT2D eigenvalue weighted by Crippen LogP contribution is 2.35. The fourth-order valence-corrected chi connectivity index (χ4v) is 2.79. The van der Waals surface area contributed by atoms with Gasteiger partial charge in [0.1, 0.15) is 0 Å². The van der Waals surface area contributed by atoms with Crippen molar-refractivity contribution in [2.24, 2.45) is 0 Å². The molecule has 2 heterocycles. The van der Waals surface area contributed by atoms with Crippen LogP contribution in [0.3, 0.4) is 0 Å². The first kappa shape index (κ1) is 14.9. The van der Waals surface area contributed by atoms with E-state index >= 15 is 0 Å². The van der Waals surface area contributed by atoms with Crippen molar-refractivity contribution < 1.29 is 13.2 Å². The molecule has 7 heteroatoms. The third-order valence-corrected chi connectivity index (χ3v) is 4.06. The summed E-state index contributed by atoms with van der Waals surface area (Å²) in [5, 5.41) is 2.24. The van der Waals surface area contributed by atoms with Gasteiger partial charge in [-0.25, -0.2) is 4.98 Å². The van der Waals surface area contributed by atoms with Crippen LogP contribution in [0.2, 0.25) is 0 Å². The third-order valence-electron chi connectivity index (χ3n) is 2.90. The van der Waals surface area contributed by atoms with Crippen molar-refractivity contribution in [2.45, 2.75) is 25.1 Å². The molecule has 2 aromatic heterocycles. The molecule has 1 atom stereocenters. The van der Waals surface area contributed by atoms with Gasteiger partial charge in [0.05, 0.1) is 0 Å². The van der Waals surface area contributed by atoms with Crippen LogP contribution in [0.4, 0.5) is 13.2 Å². The predicted molar refractivity (Wildman–Crippen MR) is 71.5 cm³/mol. The van der Waals surface area contributed by atoms with E-state index in [-0.39, 0.29) is 6.04 Å². The van der Waals surface area contributed by atoms with Gasteiger partial charge in [-0.3, -0.25) is 4.98 Å². The normalized spacial score (nSPS) is 13.4. The van der Waals surface area contributed by atoms with E-state index in [4.69, 9.17) is 0 Å². The number of pyridine rings is 1. The molecule has 2 aromatic rings. The van der Waals surface area contributed by atoms with Crippen molar-refractivity contribution >= 4 is 11.3 Å². The van der Waals surface area contributed by atoms with Crippen LogP contribution in [0.15, 0.2) is 30.7 Å². The van der Waals surface area contributed by atoms with E-state index < -0.39 is 11.2 Å². The van der Waals surface area contributed by atoms with E-state index in [9.17, 15) is 13.2 Å². The maximum absolute atomic E-state index is 12.5. The Bertz CT molecular complexity index is 539. The van der Waals surface area contributed by atoms with Crippen molar-refractivity contribution in [3.8, 4) is 0 Å². The Labute approximate surface area is 118 Å². The summed E-state index contributed by atoms with van der Waals surface area (Å²) in [4.78, 5) is 8.07. The first-order valence-corrected chi connectivity index (χ1v) is 6.91. The number of rotatable bonds is 5. The summed E-state index contributed by atoms with van der Waals surface area (Å²) in [5.41, 5.74) is 1.06. The highest BCUT2D eigenvalue weighted by Gasteiger charge is 2.35. The molecule has 3 nitrogen and oxygen atoms in total. The fraction of sp³-hybridized carbons (Fsp3) is 0.385. The summed E-state index contributed by atoms with van der Waals surface area (Å²) in [5.74, 6) is 0. The zero-order valence-corrected chi connectivity index (χ0v) is 11.6. The van der Waals surface area contributed by atoms with Crippen LogP contribution in [0.5, 0.6) is 0 Å². The highest BCUT2D eigenvalue weighted by atomic mass is 32.1. The number of aromatic nitrogens is 2. The quantitative estimate of drug-likeness (QED) is 0.919. The van der Waals surface area contributed by atoms with E-state index in [1.807, 2.05) is 12.1 Å². The second kappa shape index (κ2) is 6.32. The second-order valence-electron chi connectivity index (χ2n) is 4.31. The average Bonchev–Trinajstić information content (AvgIpc) is 2.90. The Morgan fingerprint density at radius 1 is 1.35 bits per heavy atom. The Morgan fingerprint density at radius 2 is 2.15 bits per heavy atom. The SMILES string of the molecule is CNC(CCc1cccnc1)c1cnc(C(F)(F)F)s1. The molecule has 0 aliphatic carbocycles. The lowest BCUT2D eigenvalue weighted by molar-refractivity contribution is -0.137. The summed E-state index contributed by atoms with van der Waals surface area (Å²) in [6.07, 6.45) is 1.83. The summed E-state index contributed by atoms with van der Waals surface area (Å²) in [6, 6.07) is 3.66. The third kappa shape index (κ3) is 3.77. The molecular formula is C13H14F3N3S. The van der Waals surface area contributed by atoms with Gasteiger partial charge in [-0.05, 0) is 31.5 Å². The molecule has 0 saturated heterocycles. The van der Waals surface area contributed by atoms with Crippen molar-refractivity contribution in [3.63, 3.8) is 0 Å². The summed E-state index contributed by atoms with van der Waals surface area (Å²) in [6.45, 7) is 0. The van der Waals surface area contributed by atoms with Gasteiger partial charge in [-0.1, -0.05) is 6.07 Å². The van der Waals surface area contributed by atoms with Gasteiger partial charge in [-0.2, -0.15) is 13.2 Å². The topological polar surface area (TPSA) is 37.8 Å². The number of thiazole rings is 1. The van der Waals surface area contributed by atoms with Crippen LogP contribution in [0, 0.1) is 0 Å². The molecule has 0 amide bonds. The largest absolute Gasteiger partial charge is 0.443 e. The predicted octanol–water partition coefficient (Wildman–Crippen LogP) is 3.45. The van der Waals surface area contributed by atoms with Crippen molar-refractivity contribution in [2.75, 3.05) is 7.05 Å². The van der Waals surface area contributed by atoms with Gasteiger partial charge in [0, 0.05) is 29.5 Å². The minimum atomic E-state index is -4.37. The van der Waals surface area contributed by atoms with Gasteiger partial charge < -0.3 is 5.32 Å². The second-order valence-corrected chi connectivity index (χ2v) is 5.37. The minimum Gasteiger partial charge on any atom is -0.312 e. The molecule has 0 spiro atoms. The Morgan fingerprint density at radius 3 is 2.70 bits per heavy atom. The number of nitrogens with one attached hydrogen (secondary N) is 1. The molecule has 0 fully saturated rings. The molecule has 2 rings (SSSR count). The van der Waals surface area contributed by atoms with E-state index in [1.165, 1.54) is 6.20 Å². The first-order chi connectivity index (χ1) is 9.50. The maximum atomic E-state index is 12.5. The molecule has 0 aliphatic heterocycles. The van der Waals surface area contributed by atoms with Gasteiger partial charge in [0.15, 0.2) is 5.01 Å². The standard InChI is InChI=1S/C13H14F3N3S/c1-17-10(5-4-9-3-2-6-18-7-9)11-8-19-12(20-11)13(14,15)16/h2-3,6-8,10,17H,4-5H2,1H3. The molecule has 0 saturated carbocycles. The van der Waals surface area contributed by atoms with Crippen LogP contribution < -0.4 is 5.32 Å². The number of hydrogen-bond donors (Lipinski definition) is 1. The summed E-state index contributed by atoms with van der Waals surface area (Å²) >= 11 is 0.693. The number of nitrogens with zero attached hydrogens (tertiary/aromatic N) is 2. The highest BCUT2D eigenvalue weighted by molar-refractivity contribution is 7.11. The Hall–Kier alpha value is -1.47. The number of hydrogen-bond acceptors (Lipinski definition) is 4. The number of aryl methyl sites for hydroxylation is 1. The van der Waals surface area contributed by atoms with Crippen molar-refractivity contribution in [1.82, 2.24) is 15.3 Å². The zero-order chi connectivity index (χ0) is 14.6. The Balaban J connectivity index is 2.03. The lowest BCUT2D eigenvalue weighted by atomic mass is 10.1. The van der Waals surface area contributed by atoms with Gasteiger partial charge in [0.25, 0.3) is 0 Å². The first-order valence-electron chi connectivity index (χ1n) is 6.10. The van der Waals surface area contributed by atoms with E-state index in [1.54, 1.807) is 19.4 Å². The van der Waals surface area contributed by atoms with Gasteiger partial charge in [0.2, 0.25) is 0 Å². The Kier molecular flexibility index (Phi) is 4.72. The molecule has 108 valence electrons. The lowest BCUT2D eigenvalue weighted by Crippen LogP contribution is -2.16. The van der Waals surface area contributed by atoms with E-state index in [0.29, 0.717) is 22.6 Å². The molecule has 0 aliphatic rings. The molecule has 0 aromatic carbocycles. The molecule has 0 radical (unpaired) electrons. The fourth-order valence-electron chi connectivity index (χ4n) is 1.86. The molecule has 1 unspecified atom stereocenters. The molecular weight excluding hydrogens is 287 g/mol. The lowest BCUT2D eigenvalue weighted by Gasteiger charge is -2.13. The minimum absolute atomic E-state index is 0.135. The van der Waals surface area contributed by atoms with Crippen LogP contribution in [-0.4, -0.2) is 17.0 Å². The zero-order valence-electron chi connectivity index (χ0n) is 10.8. The van der Waals surface area contributed by atoms with Crippen molar-refractivity contribution in [1.29, 1.82) is 0 Å². The smallest absolute Gasteiger partial charge is 0.312 e. The van der Waals surface area contributed by atoms with Crippen LogP contribution in [0.25, 0.3) is 0 Å². The van der Waals surface area contributed by atoms with Gasteiger partial charge >= 0.3 is 6.18 Å². The number of halogens is 3.